The van der Waals surface area contributed by atoms with E-state index in [4.69, 9.17) is 15.6 Å². The van der Waals surface area contributed by atoms with Crippen molar-refractivity contribution >= 4 is 66.6 Å². The van der Waals surface area contributed by atoms with Crippen molar-refractivity contribution in [3.63, 3.8) is 0 Å². The van der Waals surface area contributed by atoms with Gasteiger partial charge in [-0.1, -0.05) is 94.4 Å². The zero-order valence-corrected chi connectivity index (χ0v) is 25.4. The number of ether oxygens (including phenoxy) is 1. The van der Waals surface area contributed by atoms with Crippen molar-refractivity contribution in [1.82, 2.24) is 4.90 Å². The number of hydrogen-bond acceptors (Lipinski definition) is 9. The van der Waals surface area contributed by atoms with Crippen LogP contribution in [-0.4, -0.2) is 77.3 Å². The van der Waals surface area contributed by atoms with Crippen molar-refractivity contribution in [3.05, 3.63) is 96.1 Å². The largest absolute Gasteiger partial charge is 0.480 e. The number of ketones is 2. The Kier molecular flexibility index (Phi) is 11.7. The Morgan fingerprint density at radius 3 is 1.67 bits per heavy atom. The Hall–Kier alpha value is -3.70. The summed E-state index contributed by atoms with van der Waals surface area (Å²) in [5.41, 5.74) is 6.76. The molecule has 1 unspecified atom stereocenters. The zero-order valence-electron chi connectivity index (χ0n) is 23.8. The zero-order chi connectivity index (χ0) is 30.8. The van der Waals surface area contributed by atoms with Crippen LogP contribution in [0.15, 0.2) is 84.9 Å². The lowest BCUT2D eigenvalue weighted by Crippen LogP contribution is -2.45. The van der Waals surface area contributed by atoms with Crippen molar-refractivity contribution < 1.29 is 29.0 Å². The quantitative estimate of drug-likeness (QED) is 0.0722. The van der Waals surface area contributed by atoms with E-state index in [1.54, 1.807) is 12.1 Å². The van der Waals surface area contributed by atoms with Crippen LogP contribution >= 0.6 is 21.6 Å². The number of nitrogens with zero attached hydrogens (tertiary/aromatic N) is 1. The Bertz CT molecular complexity index is 1520. The molecular weight excluding hydrogens is 585 g/mol. The molecule has 224 valence electrons. The molecule has 0 aromatic heterocycles. The summed E-state index contributed by atoms with van der Waals surface area (Å²) in [4.78, 5) is 52.3. The third kappa shape index (κ3) is 8.90. The van der Waals surface area contributed by atoms with Crippen molar-refractivity contribution in [2.45, 2.75) is 24.9 Å². The number of aliphatic carboxylic acids is 1. The van der Waals surface area contributed by atoms with Crippen molar-refractivity contribution in [3.8, 4) is 0 Å². The number of carbonyl (C=O) groups is 4. The van der Waals surface area contributed by atoms with Crippen LogP contribution in [0.1, 0.15) is 33.6 Å². The third-order valence-corrected chi connectivity index (χ3v) is 9.61. The lowest BCUT2D eigenvalue weighted by molar-refractivity contribution is -0.146. The fraction of sp³-hybridized carbons (Fsp3) is 0.273. The number of hydrogen-bond donors (Lipinski definition) is 2. The Balaban J connectivity index is 1.49. The van der Waals surface area contributed by atoms with E-state index in [2.05, 4.69) is 0 Å². The van der Waals surface area contributed by atoms with E-state index in [9.17, 15) is 19.2 Å². The van der Waals surface area contributed by atoms with E-state index in [-0.39, 0.29) is 49.0 Å². The first-order valence-corrected chi connectivity index (χ1v) is 16.3. The second-order valence-corrected chi connectivity index (χ2v) is 12.6. The maximum atomic E-state index is 13.2. The monoisotopic (exact) mass is 618 g/mol. The molecule has 3 N–H and O–H groups in total. The summed E-state index contributed by atoms with van der Waals surface area (Å²) < 4.78 is 5.10. The van der Waals surface area contributed by atoms with Crippen molar-refractivity contribution in [2.75, 3.05) is 31.7 Å². The fourth-order valence-electron chi connectivity index (χ4n) is 4.69. The Morgan fingerprint density at radius 1 is 0.744 bits per heavy atom. The summed E-state index contributed by atoms with van der Waals surface area (Å²) in [7, 11) is 3.85. The fourth-order valence-corrected chi connectivity index (χ4v) is 7.05. The van der Waals surface area contributed by atoms with Gasteiger partial charge in [0, 0.05) is 48.6 Å². The molecule has 0 aliphatic carbocycles. The Labute approximate surface area is 258 Å². The summed E-state index contributed by atoms with van der Waals surface area (Å²) in [5.74, 6) is -1.32. The van der Waals surface area contributed by atoms with Gasteiger partial charge in [-0.05, 0) is 33.7 Å². The molecule has 0 saturated heterocycles. The van der Waals surface area contributed by atoms with Crippen LogP contribution in [0.25, 0.3) is 21.5 Å². The molecule has 10 heteroatoms. The van der Waals surface area contributed by atoms with Gasteiger partial charge >= 0.3 is 11.9 Å². The molecule has 0 radical (unpaired) electrons. The lowest BCUT2D eigenvalue weighted by Gasteiger charge is -2.29. The van der Waals surface area contributed by atoms with E-state index in [1.165, 1.54) is 28.7 Å². The highest BCUT2D eigenvalue weighted by molar-refractivity contribution is 8.76. The molecule has 43 heavy (non-hydrogen) atoms. The number of benzene rings is 4. The molecule has 0 heterocycles. The molecule has 0 saturated carbocycles. The van der Waals surface area contributed by atoms with Gasteiger partial charge in [0.25, 0.3) is 0 Å². The molecule has 4 rings (SSSR count). The van der Waals surface area contributed by atoms with Crippen LogP contribution in [0, 0.1) is 0 Å². The van der Waals surface area contributed by atoms with Crippen molar-refractivity contribution in [1.29, 1.82) is 0 Å². The van der Waals surface area contributed by atoms with E-state index in [0.29, 0.717) is 11.1 Å². The molecule has 4 aromatic rings. The number of fused-ring (bicyclic) bond motifs is 2. The van der Waals surface area contributed by atoms with Gasteiger partial charge in [0.05, 0.1) is 7.11 Å². The second-order valence-electron chi connectivity index (χ2n) is 10.1. The third-order valence-electron chi connectivity index (χ3n) is 7.18. The van der Waals surface area contributed by atoms with Crippen molar-refractivity contribution in [2.24, 2.45) is 5.73 Å². The normalized spacial score (nSPS) is 12.7. The van der Waals surface area contributed by atoms with Crippen LogP contribution in [0.5, 0.6) is 0 Å². The predicted octanol–water partition coefficient (Wildman–Crippen LogP) is 5.48. The van der Waals surface area contributed by atoms with E-state index < -0.39 is 24.0 Å². The highest BCUT2D eigenvalue weighted by atomic mass is 33.1. The molecule has 8 nitrogen and oxygen atoms in total. The maximum Gasteiger partial charge on any atom is 0.323 e. The maximum absolute atomic E-state index is 13.2. The van der Waals surface area contributed by atoms with Gasteiger partial charge < -0.3 is 15.6 Å². The predicted molar refractivity (Wildman–Crippen MR) is 174 cm³/mol. The highest BCUT2D eigenvalue weighted by Gasteiger charge is 2.28. The second kappa shape index (κ2) is 15.7. The lowest BCUT2D eigenvalue weighted by atomic mass is 10.0. The van der Waals surface area contributed by atoms with Gasteiger partial charge in [-0.25, -0.2) is 0 Å². The van der Waals surface area contributed by atoms with Gasteiger partial charge in [-0.15, -0.1) is 0 Å². The first-order valence-electron chi connectivity index (χ1n) is 13.9. The summed E-state index contributed by atoms with van der Waals surface area (Å²) >= 11 is 0. The van der Waals surface area contributed by atoms with Gasteiger partial charge in [-0.3, -0.25) is 24.1 Å². The minimum absolute atomic E-state index is 0.0744. The highest BCUT2D eigenvalue weighted by Crippen LogP contribution is 2.26. The number of carbonyl (C=O) groups excluding carboxylic acids is 3. The number of rotatable bonds is 16. The molecule has 0 spiro atoms. The molecule has 0 aliphatic heterocycles. The standard InChI is InChI=1S/C33H34N2O6S2/c1-41-33(40)29(21-43-42-20-28(34)32(38)39)35(16-14-30(36)26-12-10-22-6-2-4-8-24(22)18-26)17-15-31(37)27-13-11-23-7-3-5-9-25(23)19-27/h2-13,18-19,28-29H,14-17,20-21,34H2,1H3,(H,38,39)/t28?,29-/m0/s1. The van der Waals surface area contributed by atoms with Crippen LogP contribution in [0.3, 0.4) is 0 Å². The molecule has 0 bridgehead atoms. The number of carboxylic acids is 1. The van der Waals surface area contributed by atoms with E-state index in [0.717, 1.165) is 21.5 Å². The first kappa shape index (κ1) is 32.2. The topological polar surface area (TPSA) is 127 Å². The van der Waals surface area contributed by atoms with Crippen LogP contribution in [0.2, 0.25) is 0 Å². The van der Waals surface area contributed by atoms with Gasteiger partial charge in [0.1, 0.15) is 12.1 Å². The number of nitrogens with two attached hydrogens (primary N) is 1. The molecule has 0 aliphatic rings. The molecule has 4 aromatic carbocycles. The number of methoxy groups -OCH3 is 1. The Morgan fingerprint density at radius 2 is 1.21 bits per heavy atom. The minimum atomic E-state index is -1.10. The molecule has 0 amide bonds. The van der Waals surface area contributed by atoms with Crippen LogP contribution < -0.4 is 5.73 Å². The molecular formula is C33H34N2O6S2. The number of Topliss-reactive ketones (excluding diaryl/α,β-unsaturated/α-hetero) is 2. The molecule has 2 atom stereocenters. The van der Waals surface area contributed by atoms with Gasteiger partial charge in [0.2, 0.25) is 0 Å². The smallest absolute Gasteiger partial charge is 0.323 e. The van der Waals surface area contributed by atoms with Crippen LogP contribution in [-0.2, 0) is 14.3 Å². The molecule has 0 fully saturated rings. The summed E-state index contributed by atoms with van der Waals surface area (Å²) in [5, 5.41) is 13.1. The average Bonchev–Trinajstić information content (AvgIpc) is 3.03. The van der Waals surface area contributed by atoms with E-state index >= 15 is 0 Å². The van der Waals surface area contributed by atoms with Gasteiger partial charge in [-0.2, -0.15) is 0 Å². The summed E-state index contributed by atoms with van der Waals surface area (Å²) in [6.07, 6.45) is 0.273. The summed E-state index contributed by atoms with van der Waals surface area (Å²) in [6.45, 7) is 0.465. The number of carboxylic acid groups (broad SMARTS) is 1. The summed E-state index contributed by atoms with van der Waals surface area (Å²) in [6, 6.07) is 25.0. The van der Waals surface area contributed by atoms with Gasteiger partial charge in [0.15, 0.2) is 11.6 Å². The average molecular weight is 619 g/mol. The first-order chi connectivity index (χ1) is 20.8. The van der Waals surface area contributed by atoms with Crippen LogP contribution in [0.4, 0.5) is 0 Å². The minimum Gasteiger partial charge on any atom is -0.480 e. The van der Waals surface area contributed by atoms with E-state index in [1.807, 2.05) is 77.7 Å². The SMILES string of the molecule is COC(=O)[C@H](CSSCC(N)C(=O)O)N(CCC(=O)c1ccc2ccccc2c1)CCC(=O)c1ccc2ccccc2c1. The number of esters is 1.